The van der Waals surface area contributed by atoms with E-state index in [0.29, 0.717) is 17.1 Å². The molecule has 0 bridgehead atoms. The van der Waals surface area contributed by atoms with Gasteiger partial charge in [0, 0.05) is 11.8 Å². The molecular weight excluding hydrogens is 302 g/mol. The number of allylic oxidation sites excluding steroid dienone is 2. The number of hydrogen-bond acceptors (Lipinski definition) is 4. The Labute approximate surface area is 138 Å². The number of rotatable bonds is 2. The van der Waals surface area contributed by atoms with Gasteiger partial charge in [0.25, 0.3) is 0 Å². The lowest BCUT2D eigenvalue weighted by molar-refractivity contribution is 0.0996. The van der Waals surface area contributed by atoms with Crippen LogP contribution in [0.1, 0.15) is 32.1 Å². The molecule has 2 aromatic heterocycles. The molecule has 1 aliphatic carbocycles. The molecule has 5 heteroatoms. The molecule has 0 unspecified atom stereocenters. The number of benzene rings is 1. The number of hydrogen-bond donors (Lipinski definition) is 1. The van der Waals surface area contributed by atoms with Crippen LogP contribution in [0, 0.1) is 6.92 Å². The van der Waals surface area contributed by atoms with Crippen molar-refractivity contribution in [2.24, 2.45) is 0 Å². The van der Waals surface area contributed by atoms with Crippen molar-refractivity contribution in [1.82, 2.24) is 15.0 Å². The predicted octanol–water partition coefficient (Wildman–Crippen LogP) is 3.24. The van der Waals surface area contributed by atoms with Gasteiger partial charge in [0.2, 0.25) is 11.6 Å². The third-order valence-corrected chi connectivity index (χ3v) is 3.95. The maximum absolute atomic E-state index is 12.8. The molecule has 1 N–H and O–H groups in total. The second kappa shape index (κ2) is 5.38. The van der Waals surface area contributed by atoms with Crippen LogP contribution in [0.2, 0.25) is 0 Å². The Morgan fingerprint density at radius 1 is 1.00 bits per heavy atom. The van der Waals surface area contributed by atoms with Gasteiger partial charge >= 0.3 is 0 Å². The number of aryl methyl sites for hydroxylation is 1. The van der Waals surface area contributed by atoms with Crippen molar-refractivity contribution in [3.05, 3.63) is 77.3 Å². The average Bonchev–Trinajstić information content (AvgIpc) is 3.06. The molecule has 0 fully saturated rings. The molecule has 116 valence electrons. The van der Waals surface area contributed by atoms with E-state index in [2.05, 4.69) is 15.0 Å². The van der Waals surface area contributed by atoms with Crippen LogP contribution in [0.4, 0.5) is 0 Å². The number of nitrogens with zero attached hydrogens (tertiary/aromatic N) is 2. The maximum Gasteiger partial charge on any atom is 0.212 e. The molecule has 4 rings (SSSR count). The Kier molecular flexibility index (Phi) is 3.20. The summed E-state index contributed by atoms with van der Waals surface area (Å²) in [6.07, 6.45) is 2.99. The van der Waals surface area contributed by atoms with E-state index in [0.717, 1.165) is 11.1 Å². The number of fused-ring (bicyclic) bond motifs is 1. The number of imidazole rings is 1. The smallest absolute Gasteiger partial charge is 0.212 e. The summed E-state index contributed by atoms with van der Waals surface area (Å²) in [4.78, 5) is 36.6. The molecule has 5 nitrogen and oxygen atoms in total. The summed E-state index contributed by atoms with van der Waals surface area (Å²) in [5.74, 6) is -0.0948. The molecule has 0 aliphatic heterocycles. The molecule has 1 aliphatic rings. The number of carbonyl (C=O) groups is 2. The lowest BCUT2D eigenvalue weighted by atomic mass is 9.92. The number of Topliss-reactive ketones (excluding diaryl/α,β-unsaturated/α-hetero) is 1. The second-order valence-corrected chi connectivity index (χ2v) is 5.64. The van der Waals surface area contributed by atoms with Crippen LogP contribution < -0.4 is 0 Å². The largest absolute Gasteiger partial charge is 0.333 e. The van der Waals surface area contributed by atoms with Crippen molar-refractivity contribution in [3.63, 3.8) is 0 Å². The zero-order chi connectivity index (χ0) is 16.7. The normalized spacial score (nSPS) is 13.6. The second-order valence-electron chi connectivity index (χ2n) is 5.64. The van der Waals surface area contributed by atoms with E-state index < -0.39 is 0 Å². The molecule has 0 radical (unpaired) electrons. The third-order valence-electron chi connectivity index (χ3n) is 3.95. The van der Waals surface area contributed by atoms with Crippen molar-refractivity contribution in [2.75, 3.05) is 0 Å². The quantitative estimate of drug-likeness (QED) is 0.787. The van der Waals surface area contributed by atoms with Crippen molar-refractivity contribution in [2.45, 2.75) is 6.92 Å². The lowest BCUT2D eigenvalue weighted by Crippen LogP contribution is -2.16. The van der Waals surface area contributed by atoms with E-state index in [1.807, 2.05) is 37.3 Å². The van der Waals surface area contributed by atoms with Gasteiger partial charge in [-0.15, -0.1) is 0 Å². The van der Waals surface area contributed by atoms with Gasteiger partial charge in [0.15, 0.2) is 5.82 Å². The topological polar surface area (TPSA) is 75.7 Å². The number of pyridine rings is 1. The Bertz CT molecular complexity index is 983. The summed E-state index contributed by atoms with van der Waals surface area (Å²) in [7, 11) is 0. The van der Waals surface area contributed by atoms with E-state index in [1.54, 1.807) is 18.3 Å². The van der Waals surface area contributed by atoms with Crippen LogP contribution in [0.3, 0.4) is 0 Å². The summed E-state index contributed by atoms with van der Waals surface area (Å²) in [6, 6.07) is 12.9. The highest BCUT2D eigenvalue weighted by molar-refractivity contribution is 6.37. The molecule has 2 heterocycles. The lowest BCUT2D eigenvalue weighted by Gasteiger charge is -2.11. The summed E-state index contributed by atoms with van der Waals surface area (Å²) in [5.41, 5.74) is 3.15. The number of H-pyrrole nitrogens is 1. The first-order valence-electron chi connectivity index (χ1n) is 7.52. The van der Waals surface area contributed by atoms with E-state index >= 15 is 0 Å². The fraction of sp³-hybridized carbons (Fsp3) is 0.0526. The molecule has 0 amide bonds. The van der Waals surface area contributed by atoms with Gasteiger partial charge in [-0.2, -0.15) is 0 Å². The van der Waals surface area contributed by atoms with Gasteiger partial charge in [-0.1, -0.05) is 35.9 Å². The van der Waals surface area contributed by atoms with E-state index in [4.69, 9.17) is 0 Å². The van der Waals surface area contributed by atoms with Gasteiger partial charge in [-0.3, -0.25) is 14.6 Å². The molecule has 3 aromatic rings. The number of carbonyl (C=O) groups excluding carboxylic acids is 2. The molecule has 0 saturated carbocycles. The molecular formula is C19H13N3O2. The van der Waals surface area contributed by atoms with Crippen LogP contribution in [0.25, 0.3) is 17.1 Å². The number of ketones is 2. The fourth-order valence-electron chi connectivity index (χ4n) is 2.69. The summed E-state index contributed by atoms with van der Waals surface area (Å²) >= 11 is 0. The summed E-state index contributed by atoms with van der Waals surface area (Å²) in [6.45, 7) is 1.97. The maximum atomic E-state index is 12.8. The molecule has 0 atom stereocenters. The average molecular weight is 315 g/mol. The highest BCUT2D eigenvalue weighted by Gasteiger charge is 2.30. The minimum Gasteiger partial charge on any atom is -0.333 e. The first-order chi connectivity index (χ1) is 11.6. The minimum absolute atomic E-state index is 0.150. The number of aromatic amines is 1. The van der Waals surface area contributed by atoms with Gasteiger partial charge in [-0.05, 0) is 30.7 Å². The van der Waals surface area contributed by atoms with Crippen LogP contribution in [0.5, 0.6) is 0 Å². The zero-order valence-corrected chi connectivity index (χ0v) is 12.9. The van der Waals surface area contributed by atoms with E-state index in [9.17, 15) is 9.59 Å². The standard InChI is InChI=1S/C19H13N3O2/c1-11-5-7-12(8-6-11)13-10-15(23)16-17(18(13)24)22-19(21-16)14-4-2-3-9-20-14/h2-10H,1H3,(H,21,22). The monoisotopic (exact) mass is 315 g/mol. The third kappa shape index (κ3) is 2.27. The predicted molar refractivity (Wildman–Crippen MR) is 89.6 cm³/mol. The Balaban J connectivity index is 1.79. The summed E-state index contributed by atoms with van der Waals surface area (Å²) in [5, 5.41) is 0. The number of aromatic nitrogens is 3. The highest BCUT2D eigenvalue weighted by atomic mass is 16.1. The number of nitrogens with one attached hydrogen (secondary N) is 1. The van der Waals surface area contributed by atoms with Crippen molar-refractivity contribution in [1.29, 1.82) is 0 Å². The Morgan fingerprint density at radius 2 is 1.79 bits per heavy atom. The van der Waals surface area contributed by atoms with Crippen molar-refractivity contribution < 1.29 is 9.59 Å². The summed E-state index contributed by atoms with van der Waals surface area (Å²) < 4.78 is 0. The molecule has 24 heavy (non-hydrogen) atoms. The Morgan fingerprint density at radius 3 is 2.50 bits per heavy atom. The van der Waals surface area contributed by atoms with Gasteiger partial charge in [-0.25, -0.2) is 4.98 Å². The van der Waals surface area contributed by atoms with Gasteiger partial charge in [0.05, 0.1) is 0 Å². The molecule has 0 spiro atoms. The SMILES string of the molecule is Cc1ccc(C2=CC(=O)c3nc(-c4ccccn4)[nH]c3C2=O)cc1. The van der Waals surface area contributed by atoms with Crippen LogP contribution >= 0.6 is 0 Å². The van der Waals surface area contributed by atoms with Gasteiger partial charge in [0.1, 0.15) is 17.1 Å². The van der Waals surface area contributed by atoms with Crippen LogP contribution in [-0.4, -0.2) is 26.5 Å². The van der Waals surface area contributed by atoms with Crippen molar-refractivity contribution >= 4 is 17.1 Å². The van der Waals surface area contributed by atoms with E-state index in [1.165, 1.54) is 6.08 Å². The van der Waals surface area contributed by atoms with Gasteiger partial charge < -0.3 is 4.98 Å². The Hall–Kier alpha value is -3.34. The molecule has 1 aromatic carbocycles. The van der Waals surface area contributed by atoms with Crippen LogP contribution in [0.15, 0.2) is 54.7 Å². The fourth-order valence-corrected chi connectivity index (χ4v) is 2.69. The van der Waals surface area contributed by atoms with E-state index in [-0.39, 0.29) is 23.0 Å². The zero-order valence-electron chi connectivity index (χ0n) is 12.9. The first kappa shape index (κ1) is 14.3. The van der Waals surface area contributed by atoms with Crippen molar-refractivity contribution in [3.8, 4) is 11.5 Å². The molecule has 0 saturated heterocycles. The van der Waals surface area contributed by atoms with Crippen LogP contribution in [-0.2, 0) is 0 Å². The minimum atomic E-state index is -0.279. The highest BCUT2D eigenvalue weighted by Crippen LogP contribution is 2.28. The first-order valence-corrected chi connectivity index (χ1v) is 7.52.